The van der Waals surface area contributed by atoms with Crippen LogP contribution in [0.3, 0.4) is 0 Å². The molecule has 0 saturated carbocycles. The topological polar surface area (TPSA) is 106 Å². The first-order valence-electron chi connectivity index (χ1n) is 4.56. The van der Waals surface area contributed by atoms with Gasteiger partial charge in [0.15, 0.2) is 11.3 Å². The fourth-order valence-corrected chi connectivity index (χ4v) is 0.736. The van der Waals surface area contributed by atoms with Crippen molar-refractivity contribution in [3.8, 4) is 0 Å². The summed E-state index contributed by atoms with van der Waals surface area (Å²) >= 11 is 0. The zero-order chi connectivity index (χ0) is 12.9. The molecule has 0 aliphatic heterocycles. The predicted molar refractivity (Wildman–Crippen MR) is 46.2 cm³/mol. The Kier molecular flexibility index (Phi) is 7.34. The van der Waals surface area contributed by atoms with Gasteiger partial charge in [0.1, 0.15) is 0 Å². The minimum absolute atomic E-state index is 0.217. The lowest BCUT2D eigenvalue weighted by Crippen LogP contribution is -2.84. The van der Waals surface area contributed by atoms with Crippen LogP contribution < -0.4 is 23.6 Å². The van der Waals surface area contributed by atoms with Crippen molar-refractivity contribution < 1.29 is 33.9 Å². The van der Waals surface area contributed by atoms with E-state index in [2.05, 4.69) is 46.5 Å². The van der Waals surface area contributed by atoms with E-state index in [1.165, 1.54) is 5.71 Å². The number of hydrogen-bond acceptors (Lipinski definition) is 4. The van der Waals surface area contributed by atoms with Crippen LogP contribution in [0.2, 0.25) is 0 Å². The molecule has 0 radical (unpaired) electrons. The molecule has 0 aliphatic carbocycles. The second kappa shape index (κ2) is 6.40. The Morgan fingerprint density at radius 2 is 1.33 bits per heavy atom. The monoisotopic (exact) mass is 241 g/mol. The third-order valence-electron chi connectivity index (χ3n) is 1.44. The standard InChI is InChI=1S/C9H19N.ClHO4/c1-7(2)8(3)10-9(4,5)6;2-1(3,4)5/h7H,1-6H3;(H,2,3,4,5). The molecule has 0 unspecified atom stereocenters. The summed E-state index contributed by atoms with van der Waals surface area (Å²) in [5, 5.41) is 0. The first-order valence-corrected chi connectivity index (χ1v) is 5.80. The largest absolute Gasteiger partial charge is 0.245 e. The van der Waals surface area contributed by atoms with Gasteiger partial charge in [-0.15, -0.1) is 10.2 Å². The fourth-order valence-electron chi connectivity index (χ4n) is 0.736. The molecule has 0 amide bonds. The Bertz CT molecular complexity index is 197. The SMILES string of the molecule is CC(=[NH+]C(C)(C)C)C(C)C.[O-][Cl+3]([O-])([O-])[O-]. The molecule has 0 atom stereocenters. The number of halogens is 1. The van der Waals surface area contributed by atoms with E-state index < -0.39 is 10.2 Å². The van der Waals surface area contributed by atoms with Crippen LogP contribution in [0, 0.1) is 16.2 Å². The summed E-state index contributed by atoms with van der Waals surface area (Å²) in [6.07, 6.45) is 0. The summed E-state index contributed by atoms with van der Waals surface area (Å²) in [6.45, 7) is 13.1. The molecule has 0 aromatic rings. The maximum absolute atomic E-state index is 8.49. The van der Waals surface area contributed by atoms with Gasteiger partial charge in [0.25, 0.3) is 0 Å². The quantitative estimate of drug-likeness (QED) is 0.476. The molecule has 1 N–H and O–H groups in total. The van der Waals surface area contributed by atoms with Crippen LogP contribution in [0.5, 0.6) is 0 Å². The summed E-state index contributed by atoms with van der Waals surface area (Å²) in [5.41, 5.74) is 1.58. The lowest BCUT2D eigenvalue weighted by Gasteiger charge is -2.17. The van der Waals surface area contributed by atoms with Crippen molar-refractivity contribution in [1.82, 2.24) is 0 Å². The van der Waals surface area contributed by atoms with Crippen molar-refractivity contribution in [3.05, 3.63) is 0 Å². The van der Waals surface area contributed by atoms with Crippen molar-refractivity contribution in [2.45, 2.75) is 47.1 Å². The third-order valence-corrected chi connectivity index (χ3v) is 1.44. The summed E-state index contributed by atoms with van der Waals surface area (Å²) in [5.74, 6) is 0.638. The van der Waals surface area contributed by atoms with Crippen LogP contribution >= 0.6 is 0 Å². The molecule has 0 aliphatic rings. The first kappa shape index (κ1) is 17.2. The number of hydrogen-bond donors (Lipinski definition) is 1. The van der Waals surface area contributed by atoms with E-state index in [1.807, 2.05) is 0 Å². The van der Waals surface area contributed by atoms with Crippen molar-refractivity contribution in [2.75, 3.05) is 0 Å². The van der Waals surface area contributed by atoms with Crippen LogP contribution in [-0.4, -0.2) is 11.3 Å². The summed E-state index contributed by atoms with van der Waals surface area (Å²) in [6, 6.07) is 0. The van der Waals surface area contributed by atoms with Crippen molar-refractivity contribution >= 4 is 5.71 Å². The predicted octanol–water partition coefficient (Wildman–Crippen LogP) is -3.77. The second-order valence-electron chi connectivity index (χ2n) is 4.59. The van der Waals surface area contributed by atoms with Crippen molar-refractivity contribution in [2.24, 2.45) is 5.92 Å². The van der Waals surface area contributed by atoms with Gasteiger partial charge in [-0.2, -0.15) is 0 Å². The molecule has 0 aromatic carbocycles. The second-order valence-corrected chi connectivity index (χ2v) is 5.35. The number of nitrogens with one attached hydrogen (secondary N) is 1. The average Bonchev–Trinajstić information content (AvgIpc) is 1.78. The van der Waals surface area contributed by atoms with Gasteiger partial charge in [0, 0.05) is 12.8 Å². The molecule has 0 spiro atoms. The van der Waals surface area contributed by atoms with E-state index in [0.29, 0.717) is 5.92 Å². The summed E-state index contributed by atoms with van der Waals surface area (Å²) < 4.78 is 34.0. The van der Waals surface area contributed by atoms with E-state index in [-0.39, 0.29) is 5.54 Å². The van der Waals surface area contributed by atoms with E-state index in [9.17, 15) is 0 Å². The molecular weight excluding hydrogens is 222 g/mol. The third kappa shape index (κ3) is 24.8. The van der Waals surface area contributed by atoms with Gasteiger partial charge >= 0.3 is 0 Å². The fraction of sp³-hybridized carbons (Fsp3) is 0.889. The molecule has 92 valence electrons. The van der Waals surface area contributed by atoms with E-state index in [4.69, 9.17) is 18.6 Å². The first-order chi connectivity index (χ1) is 6.33. The Morgan fingerprint density at radius 3 is 1.40 bits per heavy atom. The highest BCUT2D eigenvalue weighted by atomic mass is 35.7. The average molecular weight is 242 g/mol. The Balaban J connectivity index is 0. The molecular formula is C9H20ClNO4. The minimum atomic E-state index is -4.94. The van der Waals surface area contributed by atoms with Gasteiger partial charge in [-0.3, -0.25) is 0 Å². The zero-order valence-electron chi connectivity index (χ0n) is 10.1. The highest BCUT2D eigenvalue weighted by Crippen LogP contribution is 1.92. The molecule has 0 bridgehead atoms. The normalized spacial score (nSPS) is 13.7. The van der Waals surface area contributed by atoms with Crippen LogP contribution in [0.4, 0.5) is 0 Å². The Morgan fingerprint density at radius 1 is 1.07 bits per heavy atom. The van der Waals surface area contributed by atoms with Gasteiger partial charge in [0.05, 0.1) is 0 Å². The zero-order valence-corrected chi connectivity index (χ0v) is 10.8. The van der Waals surface area contributed by atoms with E-state index in [0.717, 1.165) is 0 Å². The smallest absolute Gasteiger partial charge is 0.152 e. The number of rotatable bonds is 1. The van der Waals surface area contributed by atoms with Crippen molar-refractivity contribution in [1.29, 1.82) is 0 Å². The maximum atomic E-state index is 8.49. The van der Waals surface area contributed by atoms with Gasteiger partial charge < -0.3 is 0 Å². The molecule has 0 fully saturated rings. The molecule has 5 nitrogen and oxygen atoms in total. The molecule has 0 rings (SSSR count). The molecule has 6 heteroatoms. The molecule has 0 saturated heterocycles. The Labute approximate surface area is 93.2 Å². The van der Waals surface area contributed by atoms with Gasteiger partial charge in [0.2, 0.25) is 0 Å². The molecule has 0 heterocycles. The van der Waals surface area contributed by atoms with E-state index in [1.54, 1.807) is 0 Å². The lowest BCUT2D eigenvalue weighted by molar-refractivity contribution is -2.00. The van der Waals surface area contributed by atoms with E-state index >= 15 is 0 Å². The molecule has 15 heavy (non-hydrogen) atoms. The van der Waals surface area contributed by atoms with Crippen LogP contribution in [0.15, 0.2) is 0 Å². The van der Waals surface area contributed by atoms with Gasteiger partial charge in [-0.05, 0) is 20.8 Å². The van der Waals surface area contributed by atoms with Crippen LogP contribution in [0.1, 0.15) is 41.5 Å². The molecule has 0 aromatic heterocycles. The van der Waals surface area contributed by atoms with Crippen LogP contribution in [-0.2, 0) is 0 Å². The maximum Gasteiger partial charge on any atom is 0.152 e. The highest BCUT2D eigenvalue weighted by molar-refractivity contribution is 5.77. The Hall–Kier alpha value is -0.200. The van der Waals surface area contributed by atoms with Crippen molar-refractivity contribution in [3.63, 3.8) is 0 Å². The van der Waals surface area contributed by atoms with Crippen LogP contribution in [0.25, 0.3) is 0 Å². The summed E-state index contributed by atoms with van der Waals surface area (Å²) in [4.78, 5) is 3.44. The minimum Gasteiger partial charge on any atom is -0.245 e. The summed E-state index contributed by atoms with van der Waals surface area (Å²) in [7, 11) is -4.94. The van der Waals surface area contributed by atoms with Gasteiger partial charge in [-0.1, -0.05) is 13.8 Å². The lowest BCUT2D eigenvalue weighted by atomic mass is 10.1. The van der Waals surface area contributed by atoms with Gasteiger partial charge in [-0.25, -0.2) is 23.6 Å². The highest BCUT2D eigenvalue weighted by Gasteiger charge is 2.15.